The van der Waals surface area contributed by atoms with E-state index in [1.54, 1.807) is 20.2 Å². The second-order valence-corrected chi connectivity index (χ2v) is 6.98. The average Bonchev–Trinajstić information content (AvgIpc) is 2.79. The predicted octanol–water partition coefficient (Wildman–Crippen LogP) is 2.93. The Balaban J connectivity index is 1.47. The monoisotopic (exact) mass is 437 g/mol. The van der Waals surface area contributed by atoms with E-state index in [2.05, 4.69) is 42.0 Å². The minimum absolute atomic E-state index is 0.0555. The van der Waals surface area contributed by atoms with E-state index < -0.39 is 12.8 Å². The molecular weight excluding hydrogens is 411 g/mol. The van der Waals surface area contributed by atoms with Crippen LogP contribution in [-0.4, -0.2) is 69.0 Å². The number of methoxy groups -OCH3 is 1. The molecule has 10 heteroatoms. The SMILES string of the molecule is CN=C(NCc1ccc(OCC(F)(F)F)nc1)N1CCN(c2ccc(OC)cc2)CC1. The van der Waals surface area contributed by atoms with E-state index in [4.69, 9.17) is 4.74 Å². The van der Waals surface area contributed by atoms with E-state index in [-0.39, 0.29) is 5.88 Å². The fraction of sp³-hybridized carbons (Fsp3) is 0.429. The summed E-state index contributed by atoms with van der Waals surface area (Å²) in [7, 11) is 3.38. The number of aromatic nitrogens is 1. The topological polar surface area (TPSA) is 62.2 Å². The minimum atomic E-state index is -4.38. The van der Waals surface area contributed by atoms with Crippen molar-refractivity contribution in [2.24, 2.45) is 4.99 Å². The molecule has 1 aromatic carbocycles. The van der Waals surface area contributed by atoms with Gasteiger partial charge in [0.25, 0.3) is 0 Å². The second kappa shape index (κ2) is 10.2. The molecule has 2 heterocycles. The summed E-state index contributed by atoms with van der Waals surface area (Å²) in [5, 5.41) is 3.28. The molecule has 7 nitrogen and oxygen atoms in total. The van der Waals surface area contributed by atoms with Crippen LogP contribution in [0.1, 0.15) is 5.56 Å². The van der Waals surface area contributed by atoms with Gasteiger partial charge in [-0.05, 0) is 29.8 Å². The van der Waals surface area contributed by atoms with Crippen molar-refractivity contribution >= 4 is 11.6 Å². The maximum absolute atomic E-state index is 12.2. The number of alkyl halides is 3. The number of hydrogen-bond acceptors (Lipinski definition) is 5. The van der Waals surface area contributed by atoms with Gasteiger partial charge in [0.2, 0.25) is 5.88 Å². The Labute approximate surface area is 179 Å². The highest BCUT2D eigenvalue weighted by Crippen LogP contribution is 2.21. The molecule has 1 aliphatic rings. The van der Waals surface area contributed by atoms with Crippen molar-refractivity contribution in [2.45, 2.75) is 12.7 Å². The molecule has 0 spiro atoms. The van der Waals surface area contributed by atoms with Crippen LogP contribution in [0.25, 0.3) is 0 Å². The first-order chi connectivity index (χ1) is 14.9. The third-order valence-electron chi connectivity index (χ3n) is 4.86. The first kappa shape index (κ1) is 22.5. The molecule has 3 rings (SSSR count). The number of aliphatic imine (C=N–C) groups is 1. The molecule has 0 unspecified atom stereocenters. The second-order valence-electron chi connectivity index (χ2n) is 6.98. The quantitative estimate of drug-likeness (QED) is 0.554. The van der Waals surface area contributed by atoms with Crippen LogP contribution in [0.15, 0.2) is 47.6 Å². The summed E-state index contributed by atoms with van der Waals surface area (Å²) < 4.78 is 46.5. The van der Waals surface area contributed by atoms with Crippen LogP contribution in [0.5, 0.6) is 11.6 Å². The smallest absolute Gasteiger partial charge is 0.422 e. The molecule has 1 fully saturated rings. The van der Waals surface area contributed by atoms with Crippen LogP contribution in [0.2, 0.25) is 0 Å². The summed E-state index contributed by atoms with van der Waals surface area (Å²) in [6, 6.07) is 11.1. The summed E-state index contributed by atoms with van der Waals surface area (Å²) in [5.41, 5.74) is 1.97. The van der Waals surface area contributed by atoms with Crippen LogP contribution in [0.4, 0.5) is 18.9 Å². The number of ether oxygens (including phenoxy) is 2. The molecule has 0 atom stereocenters. The van der Waals surface area contributed by atoms with Crippen molar-refractivity contribution in [2.75, 3.05) is 51.8 Å². The lowest BCUT2D eigenvalue weighted by Crippen LogP contribution is -2.52. The molecule has 0 saturated carbocycles. The molecule has 168 valence electrons. The number of hydrogen-bond donors (Lipinski definition) is 1. The van der Waals surface area contributed by atoms with Gasteiger partial charge in [-0.25, -0.2) is 4.98 Å². The number of piperazine rings is 1. The van der Waals surface area contributed by atoms with Gasteiger partial charge in [-0.15, -0.1) is 0 Å². The third kappa shape index (κ3) is 6.66. The Kier molecular flexibility index (Phi) is 7.43. The van der Waals surface area contributed by atoms with Crippen molar-refractivity contribution in [3.05, 3.63) is 48.2 Å². The number of nitrogens with zero attached hydrogens (tertiary/aromatic N) is 4. The fourth-order valence-electron chi connectivity index (χ4n) is 3.24. The Bertz CT molecular complexity index is 849. The number of pyridine rings is 1. The molecule has 2 aromatic rings. The maximum Gasteiger partial charge on any atom is 0.422 e. The van der Waals surface area contributed by atoms with Crippen molar-refractivity contribution in [1.82, 2.24) is 15.2 Å². The highest BCUT2D eigenvalue weighted by molar-refractivity contribution is 5.80. The average molecular weight is 437 g/mol. The summed E-state index contributed by atoms with van der Waals surface area (Å²) in [5.74, 6) is 1.55. The van der Waals surface area contributed by atoms with Crippen LogP contribution in [0, 0.1) is 0 Å². The molecule has 1 aliphatic heterocycles. The number of halogens is 3. The standard InChI is InChI=1S/C21H26F3N5O2/c1-25-20(27-14-16-3-8-19(26-13-16)31-15-21(22,23)24)29-11-9-28(10-12-29)17-4-6-18(30-2)7-5-17/h3-8,13H,9-12,14-15H2,1-2H3,(H,25,27). The van der Waals surface area contributed by atoms with Gasteiger partial charge in [0.15, 0.2) is 12.6 Å². The van der Waals surface area contributed by atoms with Gasteiger partial charge >= 0.3 is 6.18 Å². The zero-order valence-electron chi connectivity index (χ0n) is 17.5. The van der Waals surface area contributed by atoms with Gasteiger partial charge in [0.05, 0.1) is 7.11 Å². The van der Waals surface area contributed by atoms with Crippen molar-refractivity contribution in [3.8, 4) is 11.6 Å². The van der Waals surface area contributed by atoms with Gasteiger partial charge < -0.3 is 24.6 Å². The Morgan fingerprint density at radius 1 is 1.10 bits per heavy atom. The van der Waals surface area contributed by atoms with Crippen LogP contribution in [-0.2, 0) is 6.54 Å². The van der Waals surface area contributed by atoms with E-state index in [0.717, 1.165) is 49.1 Å². The Hall–Kier alpha value is -3.17. The lowest BCUT2D eigenvalue weighted by atomic mass is 10.2. The molecule has 31 heavy (non-hydrogen) atoms. The normalized spacial score (nSPS) is 15.1. The number of guanidine groups is 1. The van der Waals surface area contributed by atoms with Gasteiger partial charge in [-0.1, -0.05) is 6.07 Å². The van der Waals surface area contributed by atoms with Crippen LogP contribution >= 0.6 is 0 Å². The van der Waals surface area contributed by atoms with E-state index in [0.29, 0.717) is 6.54 Å². The largest absolute Gasteiger partial charge is 0.497 e. The fourth-order valence-corrected chi connectivity index (χ4v) is 3.24. The first-order valence-corrected chi connectivity index (χ1v) is 9.87. The van der Waals surface area contributed by atoms with Gasteiger partial charge in [0.1, 0.15) is 5.75 Å². The van der Waals surface area contributed by atoms with E-state index in [1.807, 2.05) is 12.1 Å². The zero-order valence-corrected chi connectivity index (χ0v) is 17.5. The van der Waals surface area contributed by atoms with Crippen molar-refractivity contribution < 1.29 is 22.6 Å². The van der Waals surface area contributed by atoms with E-state index in [1.165, 1.54) is 12.3 Å². The van der Waals surface area contributed by atoms with Gasteiger partial charge in [-0.2, -0.15) is 13.2 Å². The lowest BCUT2D eigenvalue weighted by molar-refractivity contribution is -0.154. The van der Waals surface area contributed by atoms with Gasteiger partial charge in [0, 0.05) is 57.7 Å². The molecule has 0 bridgehead atoms. The Morgan fingerprint density at radius 2 is 1.81 bits per heavy atom. The van der Waals surface area contributed by atoms with E-state index >= 15 is 0 Å². The Morgan fingerprint density at radius 3 is 2.35 bits per heavy atom. The maximum atomic E-state index is 12.2. The summed E-state index contributed by atoms with van der Waals surface area (Å²) in [6.07, 6.45) is -2.89. The summed E-state index contributed by atoms with van der Waals surface area (Å²) in [6.45, 7) is 2.45. The summed E-state index contributed by atoms with van der Waals surface area (Å²) in [4.78, 5) is 12.8. The zero-order chi connectivity index (χ0) is 22.3. The van der Waals surface area contributed by atoms with Crippen molar-refractivity contribution in [1.29, 1.82) is 0 Å². The highest BCUT2D eigenvalue weighted by atomic mass is 19.4. The van der Waals surface area contributed by atoms with Crippen LogP contribution in [0.3, 0.4) is 0 Å². The number of nitrogens with one attached hydrogen (secondary N) is 1. The minimum Gasteiger partial charge on any atom is -0.497 e. The molecule has 1 aromatic heterocycles. The number of anilines is 1. The molecule has 1 N–H and O–H groups in total. The van der Waals surface area contributed by atoms with Crippen molar-refractivity contribution in [3.63, 3.8) is 0 Å². The number of rotatable bonds is 6. The molecule has 0 aliphatic carbocycles. The first-order valence-electron chi connectivity index (χ1n) is 9.87. The molecule has 0 radical (unpaired) electrons. The molecule has 0 amide bonds. The molecule has 1 saturated heterocycles. The number of benzene rings is 1. The third-order valence-corrected chi connectivity index (χ3v) is 4.86. The predicted molar refractivity (Wildman–Crippen MR) is 113 cm³/mol. The van der Waals surface area contributed by atoms with Crippen LogP contribution < -0.4 is 19.7 Å². The lowest BCUT2D eigenvalue weighted by Gasteiger charge is -2.37. The highest BCUT2D eigenvalue weighted by Gasteiger charge is 2.28. The summed E-state index contributed by atoms with van der Waals surface area (Å²) >= 11 is 0. The van der Waals surface area contributed by atoms with E-state index in [9.17, 15) is 13.2 Å². The van der Waals surface area contributed by atoms with Gasteiger partial charge in [-0.3, -0.25) is 4.99 Å². The molecular formula is C21H26F3N5O2.